The Morgan fingerprint density at radius 1 is 1.24 bits per heavy atom. The Kier molecular flexibility index (Phi) is 4.70. The topological polar surface area (TPSA) is 46.5 Å². The van der Waals surface area contributed by atoms with E-state index in [-0.39, 0.29) is 17.1 Å². The zero-order valence-corrected chi connectivity index (χ0v) is 12.1. The molecule has 0 aliphatic heterocycles. The van der Waals surface area contributed by atoms with Crippen molar-refractivity contribution in [1.82, 2.24) is 0 Å². The second-order valence-corrected chi connectivity index (χ2v) is 4.86. The number of para-hydroxylation sites is 1. The molecule has 0 radical (unpaired) electrons. The van der Waals surface area contributed by atoms with Gasteiger partial charge in [-0.15, -0.1) is 0 Å². The highest BCUT2D eigenvalue weighted by Gasteiger charge is 2.12. The molecule has 0 spiro atoms. The second-order valence-electron chi connectivity index (χ2n) is 4.01. The van der Waals surface area contributed by atoms with Gasteiger partial charge in [0.2, 0.25) is 0 Å². The average Bonchev–Trinajstić information content (AvgIpc) is 2.42. The van der Waals surface area contributed by atoms with Crippen LogP contribution in [0, 0.1) is 11.6 Å². The minimum absolute atomic E-state index is 0.137. The molecule has 0 heterocycles. The number of ether oxygens (including phenoxy) is 1. The molecule has 0 saturated carbocycles. The van der Waals surface area contributed by atoms with Crippen LogP contribution in [0.5, 0.6) is 11.5 Å². The summed E-state index contributed by atoms with van der Waals surface area (Å²) < 4.78 is 32.6. The van der Waals surface area contributed by atoms with Crippen LogP contribution >= 0.6 is 15.9 Å². The summed E-state index contributed by atoms with van der Waals surface area (Å²) in [4.78, 5) is 10.5. The Balaban J connectivity index is 2.41. The molecule has 108 valence electrons. The third-order valence-corrected chi connectivity index (χ3v) is 3.13. The number of hydrogen-bond donors (Lipinski definition) is 1. The summed E-state index contributed by atoms with van der Waals surface area (Å²) in [5.41, 5.74) is 0.258. The SMILES string of the molecule is O=C(O)/C=C/c1cccc(F)c1Oc1ccc(F)cc1Br. The average molecular weight is 355 g/mol. The largest absolute Gasteiger partial charge is 0.478 e. The van der Waals surface area contributed by atoms with Gasteiger partial charge in [-0.1, -0.05) is 12.1 Å². The van der Waals surface area contributed by atoms with E-state index < -0.39 is 17.6 Å². The number of carboxylic acid groups (broad SMARTS) is 1. The Bertz CT molecular complexity index is 714. The van der Waals surface area contributed by atoms with Crippen molar-refractivity contribution in [3.8, 4) is 11.5 Å². The van der Waals surface area contributed by atoms with Crippen molar-refractivity contribution in [1.29, 1.82) is 0 Å². The maximum Gasteiger partial charge on any atom is 0.328 e. The predicted octanol–water partition coefficient (Wildman–Crippen LogP) is 4.62. The first kappa shape index (κ1) is 15.2. The molecule has 0 saturated heterocycles. The van der Waals surface area contributed by atoms with Crippen molar-refractivity contribution < 1.29 is 23.4 Å². The molecule has 3 nitrogen and oxygen atoms in total. The maximum absolute atomic E-state index is 13.9. The molecule has 0 aliphatic carbocycles. The van der Waals surface area contributed by atoms with Crippen molar-refractivity contribution in [2.75, 3.05) is 0 Å². The molecule has 1 N–H and O–H groups in total. The summed E-state index contributed by atoms with van der Waals surface area (Å²) in [5.74, 6) is -2.20. The monoisotopic (exact) mass is 354 g/mol. The minimum Gasteiger partial charge on any atom is -0.478 e. The van der Waals surface area contributed by atoms with Crippen molar-refractivity contribution in [2.45, 2.75) is 0 Å². The zero-order valence-electron chi connectivity index (χ0n) is 10.5. The summed E-state index contributed by atoms with van der Waals surface area (Å²) in [7, 11) is 0. The lowest BCUT2D eigenvalue weighted by molar-refractivity contribution is -0.131. The van der Waals surface area contributed by atoms with Crippen molar-refractivity contribution in [3.05, 3.63) is 64.1 Å². The highest BCUT2D eigenvalue weighted by molar-refractivity contribution is 9.10. The lowest BCUT2D eigenvalue weighted by atomic mass is 10.1. The van der Waals surface area contributed by atoms with Crippen LogP contribution in [0.4, 0.5) is 8.78 Å². The Labute approximate surface area is 127 Å². The van der Waals surface area contributed by atoms with Gasteiger partial charge in [-0.3, -0.25) is 0 Å². The van der Waals surface area contributed by atoms with Gasteiger partial charge in [0.05, 0.1) is 4.47 Å². The minimum atomic E-state index is -1.16. The van der Waals surface area contributed by atoms with E-state index >= 15 is 0 Å². The first-order valence-corrected chi connectivity index (χ1v) is 6.59. The normalized spacial score (nSPS) is 10.8. The second kappa shape index (κ2) is 6.49. The highest BCUT2D eigenvalue weighted by Crippen LogP contribution is 2.34. The summed E-state index contributed by atoms with van der Waals surface area (Å²) in [6.45, 7) is 0. The molecule has 0 fully saturated rings. The fourth-order valence-corrected chi connectivity index (χ4v) is 2.03. The predicted molar refractivity (Wildman–Crippen MR) is 77.2 cm³/mol. The summed E-state index contributed by atoms with van der Waals surface area (Å²) in [6, 6.07) is 7.83. The molecule has 2 rings (SSSR count). The molecular formula is C15H9BrF2O3. The Hall–Kier alpha value is -2.21. The van der Waals surface area contributed by atoms with Gasteiger partial charge in [-0.05, 0) is 46.3 Å². The summed E-state index contributed by atoms with van der Waals surface area (Å²) >= 11 is 3.12. The maximum atomic E-state index is 13.9. The van der Waals surface area contributed by atoms with Crippen LogP contribution in [0.25, 0.3) is 6.08 Å². The summed E-state index contributed by atoms with van der Waals surface area (Å²) in [5, 5.41) is 8.63. The molecule has 0 amide bonds. The van der Waals surface area contributed by atoms with E-state index in [2.05, 4.69) is 15.9 Å². The van der Waals surface area contributed by atoms with Gasteiger partial charge in [0, 0.05) is 11.6 Å². The van der Waals surface area contributed by atoms with Crippen LogP contribution in [0.2, 0.25) is 0 Å². The van der Waals surface area contributed by atoms with Gasteiger partial charge < -0.3 is 9.84 Å². The number of benzene rings is 2. The molecule has 0 bridgehead atoms. The van der Waals surface area contributed by atoms with Gasteiger partial charge in [0.15, 0.2) is 11.6 Å². The molecular weight excluding hydrogens is 346 g/mol. The standard InChI is InChI=1S/C15H9BrF2O3/c16-11-8-10(17)5-6-13(11)21-15-9(4-7-14(19)20)2-1-3-12(15)18/h1-8H,(H,19,20)/b7-4+. The van der Waals surface area contributed by atoms with Crippen LogP contribution in [0.15, 0.2) is 46.9 Å². The zero-order chi connectivity index (χ0) is 15.4. The summed E-state index contributed by atoms with van der Waals surface area (Å²) in [6.07, 6.45) is 2.10. The van der Waals surface area contributed by atoms with Crippen molar-refractivity contribution in [3.63, 3.8) is 0 Å². The Morgan fingerprint density at radius 2 is 2.00 bits per heavy atom. The first-order chi connectivity index (χ1) is 9.97. The third-order valence-electron chi connectivity index (χ3n) is 2.51. The van der Waals surface area contributed by atoms with Crippen LogP contribution in [0.1, 0.15) is 5.56 Å². The van der Waals surface area contributed by atoms with Crippen LogP contribution in [0.3, 0.4) is 0 Å². The fraction of sp³-hybridized carbons (Fsp3) is 0. The highest BCUT2D eigenvalue weighted by atomic mass is 79.9. The van der Waals surface area contributed by atoms with E-state index in [1.54, 1.807) is 0 Å². The van der Waals surface area contributed by atoms with Gasteiger partial charge in [0.25, 0.3) is 0 Å². The van der Waals surface area contributed by atoms with Gasteiger partial charge in [0.1, 0.15) is 11.6 Å². The molecule has 2 aromatic rings. The number of halogens is 3. The van der Waals surface area contributed by atoms with E-state index in [1.807, 2.05) is 0 Å². The van der Waals surface area contributed by atoms with Crippen molar-refractivity contribution >= 4 is 28.0 Å². The lowest BCUT2D eigenvalue weighted by Crippen LogP contribution is -1.94. The van der Waals surface area contributed by atoms with E-state index in [4.69, 9.17) is 9.84 Å². The van der Waals surface area contributed by atoms with E-state index in [9.17, 15) is 13.6 Å². The molecule has 0 aliphatic rings. The number of carbonyl (C=O) groups is 1. The first-order valence-electron chi connectivity index (χ1n) is 5.80. The van der Waals surface area contributed by atoms with E-state index in [0.717, 1.165) is 6.08 Å². The number of hydrogen-bond acceptors (Lipinski definition) is 2. The van der Waals surface area contributed by atoms with Crippen LogP contribution in [-0.2, 0) is 4.79 Å². The lowest BCUT2D eigenvalue weighted by Gasteiger charge is -2.11. The third kappa shape index (κ3) is 3.88. The molecule has 2 aromatic carbocycles. The smallest absolute Gasteiger partial charge is 0.328 e. The quantitative estimate of drug-likeness (QED) is 0.815. The molecule has 21 heavy (non-hydrogen) atoms. The number of aliphatic carboxylic acids is 1. The molecule has 0 atom stereocenters. The van der Waals surface area contributed by atoms with Gasteiger partial charge in [-0.25, -0.2) is 13.6 Å². The van der Waals surface area contributed by atoms with Crippen LogP contribution in [-0.4, -0.2) is 11.1 Å². The fourth-order valence-electron chi connectivity index (χ4n) is 1.59. The van der Waals surface area contributed by atoms with E-state index in [0.29, 0.717) is 4.47 Å². The molecule has 0 aromatic heterocycles. The van der Waals surface area contributed by atoms with E-state index in [1.165, 1.54) is 42.5 Å². The van der Waals surface area contributed by atoms with Gasteiger partial charge in [-0.2, -0.15) is 0 Å². The number of carboxylic acids is 1. The molecule has 0 unspecified atom stereocenters. The molecule has 6 heteroatoms. The Morgan fingerprint density at radius 3 is 2.67 bits per heavy atom. The number of rotatable bonds is 4. The van der Waals surface area contributed by atoms with Crippen LogP contribution < -0.4 is 4.74 Å². The van der Waals surface area contributed by atoms with Gasteiger partial charge >= 0.3 is 5.97 Å². The van der Waals surface area contributed by atoms with Crippen molar-refractivity contribution in [2.24, 2.45) is 0 Å².